The van der Waals surface area contributed by atoms with Gasteiger partial charge in [-0.25, -0.2) is 5.01 Å². The van der Waals surface area contributed by atoms with Crippen molar-refractivity contribution in [3.63, 3.8) is 0 Å². The largest absolute Gasteiger partial charge is 0.343 e. The van der Waals surface area contributed by atoms with Crippen molar-refractivity contribution >= 4 is 11.8 Å². The first-order valence-corrected chi connectivity index (χ1v) is 7.54. The molecule has 1 aromatic carbocycles. The van der Waals surface area contributed by atoms with Crippen molar-refractivity contribution < 1.29 is 9.59 Å². The second-order valence-corrected chi connectivity index (χ2v) is 5.81. The molecule has 0 saturated carbocycles. The van der Waals surface area contributed by atoms with Crippen LogP contribution in [0, 0.1) is 13.8 Å². The monoisotopic (exact) mass is 304 g/mol. The summed E-state index contributed by atoms with van der Waals surface area (Å²) in [6.07, 6.45) is 0. The van der Waals surface area contributed by atoms with Crippen LogP contribution in [0.1, 0.15) is 21.5 Å². The molecule has 0 radical (unpaired) electrons. The fraction of sp³-hybridized carbons (Fsp3) is 0.500. The van der Waals surface area contributed by atoms with Gasteiger partial charge in [0.25, 0.3) is 11.8 Å². The Morgan fingerprint density at radius 3 is 2.41 bits per heavy atom. The molecule has 0 bridgehead atoms. The van der Waals surface area contributed by atoms with E-state index in [-0.39, 0.29) is 18.4 Å². The Bertz CT molecular complexity index is 551. The molecule has 1 heterocycles. The number of benzene rings is 1. The average molecular weight is 304 g/mol. The molecule has 6 nitrogen and oxygen atoms in total. The fourth-order valence-electron chi connectivity index (χ4n) is 2.28. The number of likely N-dealkylation sites (N-methyl/N-ethyl adjacent to an activating group) is 1. The standard InChI is InChI=1S/C16H24N4O2/c1-12-4-5-14(10-13(12)2)16(22)17-11-15(21)18-20-8-6-19(3)7-9-20/h4-5,10H,6-9,11H2,1-3H3,(H,17,22)(H,18,21). The van der Waals surface area contributed by atoms with Crippen LogP contribution < -0.4 is 10.7 Å². The maximum atomic E-state index is 12.0. The highest BCUT2D eigenvalue weighted by molar-refractivity contribution is 5.96. The minimum atomic E-state index is -0.225. The molecule has 0 spiro atoms. The predicted molar refractivity (Wildman–Crippen MR) is 85.5 cm³/mol. The number of rotatable bonds is 4. The van der Waals surface area contributed by atoms with E-state index in [9.17, 15) is 9.59 Å². The lowest BCUT2D eigenvalue weighted by atomic mass is 10.1. The van der Waals surface area contributed by atoms with E-state index < -0.39 is 0 Å². The van der Waals surface area contributed by atoms with Crippen molar-refractivity contribution in [2.24, 2.45) is 0 Å². The van der Waals surface area contributed by atoms with Crippen molar-refractivity contribution in [1.82, 2.24) is 20.7 Å². The number of amides is 2. The zero-order chi connectivity index (χ0) is 16.1. The summed E-state index contributed by atoms with van der Waals surface area (Å²) in [5.41, 5.74) is 5.61. The van der Waals surface area contributed by atoms with Gasteiger partial charge in [-0.2, -0.15) is 0 Å². The lowest BCUT2D eigenvalue weighted by Gasteiger charge is -2.32. The van der Waals surface area contributed by atoms with Crippen LogP contribution in [-0.4, -0.2) is 61.5 Å². The summed E-state index contributed by atoms with van der Waals surface area (Å²) in [6, 6.07) is 5.52. The number of carbonyl (C=O) groups excluding carboxylic acids is 2. The van der Waals surface area contributed by atoms with Gasteiger partial charge in [0.1, 0.15) is 0 Å². The Kier molecular flexibility index (Phi) is 5.51. The Labute approximate surface area is 131 Å². The molecule has 0 aromatic heterocycles. The number of hydrazine groups is 1. The minimum absolute atomic E-state index is 0.0158. The molecule has 6 heteroatoms. The Balaban J connectivity index is 1.78. The van der Waals surface area contributed by atoms with Crippen LogP contribution in [0.5, 0.6) is 0 Å². The smallest absolute Gasteiger partial charge is 0.253 e. The number of nitrogens with one attached hydrogen (secondary N) is 2. The molecule has 1 fully saturated rings. The summed E-state index contributed by atoms with van der Waals surface area (Å²) in [5, 5.41) is 4.55. The minimum Gasteiger partial charge on any atom is -0.343 e. The van der Waals surface area contributed by atoms with Crippen LogP contribution in [0.25, 0.3) is 0 Å². The maximum absolute atomic E-state index is 12.0. The van der Waals surface area contributed by atoms with Crippen LogP contribution in [0.4, 0.5) is 0 Å². The van der Waals surface area contributed by atoms with Gasteiger partial charge < -0.3 is 10.2 Å². The Morgan fingerprint density at radius 2 is 1.77 bits per heavy atom. The number of piperazine rings is 1. The molecule has 0 atom stereocenters. The second-order valence-electron chi connectivity index (χ2n) is 5.81. The van der Waals surface area contributed by atoms with Crippen LogP contribution in [0.15, 0.2) is 18.2 Å². The van der Waals surface area contributed by atoms with E-state index in [0.717, 1.165) is 37.3 Å². The van der Waals surface area contributed by atoms with Crippen LogP contribution in [0.3, 0.4) is 0 Å². The molecule has 22 heavy (non-hydrogen) atoms. The molecule has 2 amide bonds. The van der Waals surface area contributed by atoms with E-state index >= 15 is 0 Å². The van der Waals surface area contributed by atoms with Crippen molar-refractivity contribution in [2.45, 2.75) is 13.8 Å². The molecule has 1 aromatic rings. The number of aryl methyl sites for hydroxylation is 2. The van der Waals surface area contributed by atoms with Gasteiger partial charge in [-0.15, -0.1) is 0 Å². The highest BCUT2D eigenvalue weighted by atomic mass is 16.2. The molecule has 1 saturated heterocycles. The first kappa shape index (κ1) is 16.5. The highest BCUT2D eigenvalue weighted by Crippen LogP contribution is 2.09. The third kappa shape index (κ3) is 4.54. The van der Waals surface area contributed by atoms with Gasteiger partial charge >= 0.3 is 0 Å². The van der Waals surface area contributed by atoms with E-state index in [1.807, 2.05) is 31.0 Å². The van der Waals surface area contributed by atoms with Gasteiger partial charge in [0.15, 0.2) is 0 Å². The van der Waals surface area contributed by atoms with Gasteiger partial charge in [0.2, 0.25) is 0 Å². The molecule has 2 N–H and O–H groups in total. The molecule has 0 aliphatic carbocycles. The van der Waals surface area contributed by atoms with Gasteiger partial charge in [0.05, 0.1) is 6.54 Å². The van der Waals surface area contributed by atoms with E-state index in [4.69, 9.17) is 0 Å². The Morgan fingerprint density at radius 1 is 1.09 bits per heavy atom. The van der Waals surface area contributed by atoms with E-state index in [1.165, 1.54) is 0 Å². The van der Waals surface area contributed by atoms with Crippen LogP contribution in [-0.2, 0) is 4.79 Å². The lowest BCUT2D eigenvalue weighted by Crippen LogP contribution is -2.54. The predicted octanol–water partition coefficient (Wildman–Crippen LogP) is 0.312. The molecule has 0 unspecified atom stereocenters. The van der Waals surface area contributed by atoms with Gasteiger partial charge in [-0.1, -0.05) is 6.07 Å². The van der Waals surface area contributed by atoms with Gasteiger partial charge in [0, 0.05) is 31.7 Å². The van der Waals surface area contributed by atoms with E-state index in [1.54, 1.807) is 6.07 Å². The summed E-state index contributed by atoms with van der Waals surface area (Å²) >= 11 is 0. The fourth-order valence-corrected chi connectivity index (χ4v) is 2.28. The van der Waals surface area contributed by atoms with Crippen LogP contribution in [0.2, 0.25) is 0 Å². The quantitative estimate of drug-likeness (QED) is 0.840. The number of nitrogens with zero attached hydrogens (tertiary/aromatic N) is 2. The summed E-state index contributed by atoms with van der Waals surface area (Å²) in [6.45, 7) is 7.40. The molecule has 1 aliphatic heterocycles. The lowest BCUT2D eigenvalue weighted by molar-refractivity contribution is -0.125. The first-order chi connectivity index (χ1) is 10.5. The average Bonchev–Trinajstić information content (AvgIpc) is 2.50. The van der Waals surface area contributed by atoms with Gasteiger partial charge in [-0.05, 0) is 44.2 Å². The molecule has 2 rings (SSSR count). The molecular formula is C16H24N4O2. The molecule has 120 valence electrons. The number of hydrogen-bond donors (Lipinski definition) is 2. The molecule has 1 aliphatic rings. The van der Waals surface area contributed by atoms with Crippen molar-refractivity contribution in [2.75, 3.05) is 39.8 Å². The summed E-state index contributed by atoms with van der Waals surface area (Å²) in [7, 11) is 2.06. The second kappa shape index (κ2) is 7.38. The third-order valence-corrected chi connectivity index (χ3v) is 3.96. The van der Waals surface area contributed by atoms with E-state index in [2.05, 4.69) is 22.7 Å². The van der Waals surface area contributed by atoms with Crippen molar-refractivity contribution in [3.8, 4) is 0 Å². The Hall–Kier alpha value is -1.92. The van der Waals surface area contributed by atoms with Crippen LogP contribution >= 0.6 is 0 Å². The maximum Gasteiger partial charge on any atom is 0.253 e. The summed E-state index contributed by atoms with van der Waals surface area (Å²) in [5.74, 6) is -0.418. The van der Waals surface area contributed by atoms with E-state index in [0.29, 0.717) is 5.56 Å². The zero-order valence-electron chi connectivity index (χ0n) is 13.5. The SMILES string of the molecule is Cc1ccc(C(=O)NCC(=O)NN2CCN(C)CC2)cc1C. The topological polar surface area (TPSA) is 64.7 Å². The summed E-state index contributed by atoms with van der Waals surface area (Å²) in [4.78, 5) is 26.1. The highest BCUT2D eigenvalue weighted by Gasteiger charge is 2.16. The zero-order valence-corrected chi connectivity index (χ0v) is 13.5. The first-order valence-electron chi connectivity index (χ1n) is 7.54. The summed E-state index contributed by atoms with van der Waals surface area (Å²) < 4.78 is 0. The van der Waals surface area contributed by atoms with Crippen molar-refractivity contribution in [3.05, 3.63) is 34.9 Å². The van der Waals surface area contributed by atoms with Crippen molar-refractivity contribution in [1.29, 1.82) is 0 Å². The third-order valence-electron chi connectivity index (χ3n) is 3.96. The van der Waals surface area contributed by atoms with Gasteiger partial charge in [-0.3, -0.25) is 15.0 Å². The number of hydrogen-bond acceptors (Lipinski definition) is 4. The number of carbonyl (C=O) groups is 2. The molecular weight excluding hydrogens is 280 g/mol. The normalized spacial score (nSPS) is 16.3.